The molecule has 4 aromatic carbocycles. The van der Waals surface area contributed by atoms with E-state index in [0.29, 0.717) is 54.1 Å². The minimum atomic E-state index is -0.712. The maximum Gasteiger partial charge on any atom is 0.328 e. The largest absolute Gasteiger partial charge is 0.494 e. The van der Waals surface area contributed by atoms with Crippen molar-refractivity contribution in [2.45, 2.75) is 25.8 Å². The lowest BCUT2D eigenvalue weighted by Crippen LogP contribution is -2.33. The first kappa shape index (κ1) is 30.8. The molecule has 0 saturated heterocycles. The van der Waals surface area contributed by atoms with Crippen LogP contribution in [0.15, 0.2) is 121 Å². The van der Waals surface area contributed by atoms with Gasteiger partial charge in [-0.2, -0.15) is 0 Å². The SMILES string of the molecule is C=C(C)C(=O)N(CCCOc1ccc(C[C@H](Nc2ccccc2C(=O)c2ccccc2)C(=O)OC)cc1)c1ccccc1. The number of ether oxygens (including phenoxy) is 2. The maximum absolute atomic E-state index is 13.2. The van der Waals surface area contributed by atoms with Gasteiger partial charge in [-0.3, -0.25) is 9.59 Å². The van der Waals surface area contributed by atoms with Gasteiger partial charge in [-0.25, -0.2) is 4.79 Å². The lowest BCUT2D eigenvalue weighted by Gasteiger charge is -2.23. The van der Waals surface area contributed by atoms with Crippen molar-refractivity contribution in [1.82, 2.24) is 0 Å². The van der Waals surface area contributed by atoms with Crippen molar-refractivity contribution in [1.29, 1.82) is 0 Å². The van der Waals surface area contributed by atoms with Crippen LogP contribution in [-0.4, -0.2) is 44.0 Å². The molecule has 0 aliphatic heterocycles. The van der Waals surface area contributed by atoms with Gasteiger partial charge in [0.25, 0.3) is 5.91 Å². The highest BCUT2D eigenvalue weighted by atomic mass is 16.5. The fourth-order valence-electron chi connectivity index (χ4n) is 4.63. The van der Waals surface area contributed by atoms with Crippen LogP contribution in [0.4, 0.5) is 11.4 Å². The average molecular weight is 577 g/mol. The molecule has 7 nitrogen and oxygen atoms in total. The lowest BCUT2D eigenvalue weighted by atomic mass is 10.00. The number of nitrogens with one attached hydrogen (secondary N) is 1. The molecule has 0 spiro atoms. The van der Waals surface area contributed by atoms with Gasteiger partial charge in [-0.1, -0.05) is 79.4 Å². The molecule has 0 aliphatic carbocycles. The Balaban J connectivity index is 1.37. The topological polar surface area (TPSA) is 84.9 Å². The van der Waals surface area contributed by atoms with E-state index in [0.717, 1.165) is 11.3 Å². The van der Waals surface area contributed by atoms with Crippen LogP contribution in [0.3, 0.4) is 0 Å². The van der Waals surface area contributed by atoms with Crippen LogP contribution in [0.25, 0.3) is 0 Å². The highest BCUT2D eigenvalue weighted by Gasteiger charge is 2.23. The Labute approximate surface area is 252 Å². The van der Waals surface area contributed by atoms with Crippen LogP contribution in [0.2, 0.25) is 0 Å². The second-order valence-electron chi connectivity index (χ2n) is 10.1. The third-order valence-electron chi connectivity index (χ3n) is 6.86. The molecular formula is C36H36N2O5. The first-order valence-corrected chi connectivity index (χ1v) is 14.1. The normalized spacial score (nSPS) is 11.2. The van der Waals surface area contributed by atoms with Gasteiger partial charge in [0.05, 0.1) is 13.7 Å². The molecule has 0 fully saturated rings. The number of benzene rings is 4. The van der Waals surface area contributed by atoms with E-state index >= 15 is 0 Å². The summed E-state index contributed by atoms with van der Waals surface area (Å²) in [4.78, 5) is 40.3. The molecule has 0 saturated carbocycles. The number of amides is 1. The smallest absolute Gasteiger partial charge is 0.328 e. The highest BCUT2D eigenvalue weighted by molar-refractivity contribution is 6.12. The van der Waals surface area contributed by atoms with Crippen LogP contribution in [0, 0.1) is 0 Å². The quantitative estimate of drug-likeness (QED) is 0.0799. The van der Waals surface area contributed by atoms with Crippen LogP contribution < -0.4 is 15.0 Å². The molecule has 43 heavy (non-hydrogen) atoms. The number of nitrogens with zero attached hydrogens (tertiary/aromatic N) is 1. The zero-order valence-corrected chi connectivity index (χ0v) is 24.5. The Bertz CT molecular complexity index is 1540. The number of carbonyl (C=O) groups is 3. The van der Waals surface area contributed by atoms with Gasteiger partial charge in [-0.05, 0) is 55.3 Å². The molecule has 220 valence electrons. The van der Waals surface area contributed by atoms with Gasteiger partial charge in [0.2, 0.25) is 0 Å². The fourth-order valence-corrected chi connectivity index (χ4v) is 4.63. The average Bonchev–Trinajstić information content (AvgIpc) is 3.05. The Hall–Kier alpha value is -5.17. The van der Waals surface area contributed by atoms with Gasteiger partial charge in [0, 0.05) is 41.0 Å². The van der Waals surface area contributed by atoms with Gasteiger partial charge >= 0.3 is 5.97 Å². The predicted molar refractivity (Wildman–Crippen MR) is 170 cm³/mol. The van der Waals surface area contributed by atoms with E-state index in [-0.39, 0.29) is 11.7 Å². The van der Waals surface area contributed by atoms with E-state index in [1.54, 1.807) is 42.2 Å². The van der Waals surface area contributed by atoms with Gasteiger partial charge in [0.15, 0.2) is 5.78 Å². The lowest BCUT2D eigenvalue weighted by molar-refractivity contribution is -0.141. The Morgan fingerprint density at radius 1 is 0.837 bits per heavy atom. The minimum Gasteiger partial charge on any atom is -0.494 e. The maximum atomic E-state index is 13.2. The molecule has 0 aromatic heterocycles. The number of anilines is 2. The number of ketones is 1. The Morgan fingerprint density at radius 2 is 1.47 bits per heavy atom. The third kappa shape index (κ3) is 8.42. The van der Waals surface area contributed by atoms with Crippen molar-refractivity contribution in [3.63, 3.8) is 0 Å². The predicted octanol–water partition coefficient (Wildman–Crippen LogP) is 6.49. The fraction of sp³-hybridized carbons (Fsp3) is 0.194. The zero-order valence-electron chi connectivity index (χ0n) is 24.5. The van der Waals surface area contributed by atoms with E-state index in [9.17, 15) is 14.4 Å². The summed E-state index contributed by atoms with van der Waals surface area (Å²) >= 11 is 0. The van der Waals surface area contributed by atoms with E-state index in [1.807, 2.05) is 78.9 Å². The number of para-hydroxylation sites is 2. The molecule has 4 aromatic rings. The van der Waals surface area contributed by atoms with E-state index in [1.165, 1.54) is 7.11 Å². The van der Waals surface area contributed by atoms with Crippen molar-refractivity contribution < 1.29 is 23.9 Å². The molecule has 7 heteroatoms. The number of hydrogen-bond acceptors (Lipinski definition) is 6. The number of hydrogen-bond donors (Lipinski definition) is 1. The molecule has 0 bridgehead atoms. The summed E-state index contributed by atoms with van der Waals surface area (Å²) in [5.74, 6) is -0.00161. The molecule has 4 rings (SSSR count). The minimum absolute atomic E-state index is 0.114. The van der Waals surface area contributed by atoms with E-state index in [2.05, 4.69) is 11.9 Å². The summed E-state index contributed by atoms with van der Waals surface area (Å²) in [5, 5.41) is 3.23. The standard InChI is InChI=1S/C36H36N2O5/c1-26(2)35(40)38(29-15-8-5-9-16-29)23-12-24-43-30-21-19-27(20-22-30)25-33(36(41)42-3)37-32-18-11-10-17-31(32)34(39)28-13-6-4-7-14-28/h4-11,13-22,33,37H,1,12,23-25H2,2-3H3/t33-/m0/s1. The van der Waals surface area contributed by atoms with Crippen LogP contribution >= 0.6 is 0 Å². The molecular weight excluding hydrogens is 540 g/mol. The van der Waals surface area contributed by atoms with Crippen molar-refractivity contribution in [2.75, 3.05) is 30.5 Å². The zero-order chi connectivity index (χ0) is 30.6. The Kier molecular flexibility index (Phi) is 10.9. The van der Waals surface area contributed by atoms with Crippen molar-refractivity contribution >= 4 is 29.0 Å². The molecule has 0 radical (unpaired) electrons. The second kappa shape index (κ2) is 15.2. The number of methoxy groups -OCH3 is 1. The number of esters is 1. The summed E-state index contributed by atoms with van der Waals surface area (Å²) in [5.41, 5.74) is 3.79. The van der Waals surface area contributed by atoms with Crippen LogP contribution in [0.5, 0.6) is 5.75 Å². The molecule has 0 heterocycles. The summed E-state index contributed by atoms with van der Waals surface area (Å²) in [6.45, 7) is 6.42. The van der Waals surface area contributed by atoms with Crippen molar-refractivity contribution in [3.05, 3.63) is 138 Å². The Morgan fingerprint density at radius 3 is 2.12 bits per heavy atom. The molecule has 1 amide bonds. The van der Waals surface area contributed by atoms with Crippen molar-refractivity contribution in [2.24, 2.45) is 0 Å². The first-order valence-electron chi connectivity index (χ1n) is 14.1. The second-order valence-corrected chi connectivity index (χ2v) is 10.1. The monoisotopic (exact) mass is 576 g/mol. The molecule has 0 unspecified atom stereocenters. The van der Waals surface area contributed by atoms with E-state index < -0.39 is 12.0 Å². The van der Waals surface area contributed by atoms with Gasteiger partial charge < -0.3 is 19.7 Å². The van der Waals surface area contributed by atoms with Gasteiger partial charge in [-0.15, -0.1) is 0 Å². The highest BCUT2D eigenvalue weighted by Crippen LogP contribution is 2.22. The summed E-state index contributed by atoms with van der Waals surface area (Å²) in [6.07, 6.45) is 0.973. The third-order valence-corrected chi connectivity index (χ3v) is 6.86. The molecule has 1 N–H and O–H groups in total. The van der Waals surface area contributed by atoms with Crippen LogP contribution in [-0.2, 0) is 20.7 Å². The summed E-state index contributed by atoms with van der Waals surface area (Å²) in [7, 11) is 1.35. The molecule has 1 atom stereocenters. The van der Waals surface area contributed by atoms with Gasteiger partial charge in [0.1, 0.15) is 11.8 Å². The van der Waals surface area contributed by atoms with E-state index in [4.69, 9.17) is 9.47 Å². The summed E-state index contributed by atoms with van der Waals surface area (Å²) in [6, 6.07) is 32.5. The number of rotatable bonds is 14. The summed E-state index contributed by atoms with van der Waals surface area (Å²) < 4.78 is 11.0. The number of carbonyl (C=O) groups excluding carboxylic acids is 3. The van der Waals surface area contributed by atoms with Crippen LogP contribution in [0.1, 0.15) is 34.8 Å². The molecule has 0 aliphatic rings. The van der Waals surface area contributed by atoms with Crippen molar-refractivity contribution in [3.8, 4) is 5.75 Å². The first-order chi connectivity index (χ1) is 20.9.